The van der Waals surface area contributed by atoms with Crippen molar-refractivity contribution >= 4 is 17.8 Å². The average molecular weight is 317 g/mol. The third kappa shape index (κ3) is 3.60. The summed E-state index contributed by atoms with van der Waals surface area (Å²) in [7, 11) is 0. The van der Waals surface area contributed by atoms with Gasteiger partial charge in [0.05, 0.1) is 0 Å². The minimum atomic E-state index is -0.289. The van der Waals surface area contributed by atoms with E-state index >= 15 is 0 Å². The highest BCUT2D eigenvalue weighted by atomic mass is 16.2. The number of nitrogens with one attached hydrogen (secondary N) is 1. The molecule has 0 saturated carbocycles. The zero-order valence-corrected chi connectivity index (χ0v) is 13.4. The summed E-state index contributed by atoms with van der Waals surface area (Å²) in [6.07, 6.45) is 6.90. The van der Waals surface area contributed by atoms with Crippen molar-refractivity contribution < 1.29 is 9.59 Å². The van der Waals surface area contributed by atoms with Gasteiger partial charge in [-0.1, -0.05) is 0 Å². The summed E-state index contributed by atoms with van der Waals surface area (Å²) >= 11 is 0. The highest BCUT2D eigenvalue weighted by Crippen LogP contribution is 2.19. The van der Waals surface area contributed by atoms with Gasteiger partial charge in [-0.25, -0.2) is 9.97 Å². The van der Waals surface area contributed by atoms with Crippen molar-refractivity contribution in [3.05, 3.63) is 18.5 Å². The maximum absolute atomic E-state index is 12.4. The predicted molar refractivity (Wildman–Crippen MR) is 85.8 cm³/mol. The Labute approximate surface area is 136 Å². The van der Waals surface area contributed by atoms with Crippen molar-refractivity contribution in [1.29, 1.82) is 0 Å². The second-order valence-corrected chi connectivity index (χ2v) is 6.19. The van der Waals surface area contributed by atoms with Gasteiger partial charge in [0.15, 0.2) is 0 Å². The average Bonchev–Trinajstić information content (AvgIpc) is 3.06. The SMILES string of the molecule is CC(=O)N1CCC[C@H]1C(=O)NC1CCN(c2ncccn2)CC1. The fourth-order valence-electron chi connectivity index (χ4n) is 3.39. The molecular formula is C16H23N5O2. The number of amides is 2. The molecule has 2 amide bonds. The van der Waals surface area contributed by atoms with Crippen LogP contribution in [-0.4, -0.2) is 58.4 Å². The number of piperidine rings is 1. The van der Waals surface area contributed by atoms with E-state index in [2.05, 4.69) is 20.2 Å². The van der Waals surface area contributed by atoms with Gasteiger partial charge in [-0.2, -0.15) is 0 Å². The van der Waals surface area contributed by atoms with Crippen molar-refractivity contribution in [3.63, 3.8) is 0 Å². The standard InChI is InChI=1S/C16H23N5O2/c1-12(22)21-9-2-4-14(21)15(23)19-13-5-10-20(11-6-13)16-17-7-3-8-18-16/h3,7-8,13-14H,2,4-6,9-11H2,1H3,(H,19,23)/t14-/m0/s1. The van der Waals surface area contributed by atoms with E-state index in [1.165, 1.54) is 6.92 Å². The Hall–Kier alpha value is -2.18. The van der Waals surface area contributed by atoms with Crippen LogP contribution in [0.2, 0.25) is 0 Å². The molecule has 0 aliphatic carbocycles. The number of anilines is 1. The molecule has 2 saturated heterocycles. The first-order valence-electron chi connectivity index (χ1n) is 8.24. The van der Waals surface area contributed by atoms with E-state index in [4.69, 9.17) is 0 Å². The van der Waals surface area contributed by atoms with Crippen LogP contribution in [-0.2, 0) is 9.59 Å². The lowest BCUT2D eigenvalue weighted by Crippen LogP contribution is -2.51. The van der Waals surface area contributed by atoms with Crippen LogP contribution < -0.4 is 10.2 Å². The molecule has 3 heterocycles. The first-order valence-corrected chi connectivity index (χ1v) is 8.24. The van der Waals surface area contributed by atoms with Gasteiger partial charge in [-0.05, 0) is 31.7 Å². The second kappa shape index (κ2) is 6.93. The van der Waals surface area contributed by atoms with Crippen LogP contribution in [0.25, 0.3) is 0 Å². The number of carbonyl (C=O) groups is 2. The minimum absolute atomic E-state index is 0.00730. The lowest BCUT2D eigenvalue weighted by atomic mass is 10.0. The number of hydrogen-bond donors (Lipinski definition) is 1. The van der Waals surface area contributed by atoms with Crippen LogP contribution >= 0.6 is 0 Å². The van der Waals surface area contributed by atoms with E-state index in [0.29, 0.717) is 6.54 Å². The number of carbonyl (C=O) groups excluding carboxylic acids is 2. The largest absolute Gasteiger partial charge is 0.351 e. The van der Waals surface area contributed by atoms with Crippen molar-refractivity contribution in [2.24, 2.45) is 0 Å². The molecule has 0 bridgehead atoms. The molecule has 1 N–H and O–H groups in total. The molecule has 0 unspecified atom stereocenters. The van der Waals surface area contributed by atoms with Crippen molar-refractivity contribution in [1.82, 2.24) is 20.2 Å². The van der Waals surface area contributed by atoms with Gasteiger partial charge in [0, 0.05) is 45.0 Å². The normalized spacial score (nSPS) is 22.2. The molecule has 7 nitrogen and oxygen atoms in total. The summed E-state index contributed by atoms with van der Waals surface area (Å²) in [6, 6.07) is 1.68. The van der Waals surface area contributed by atoms with E-state index < -0.39 is 0 Å². The maximum atomic E-state index is 12.4. The molecule has 3 rings (SSSR count). The first-order chi connectivity index (χ1) is 11.1. The summed E-state index contributed by atoms with van der Waals surface area (Å²) in [4.78, 5) is 36.4. The fourth-order valence-corrected chi connectivity index (χ4v) is 3.39. The molecule has 7 heteroatoms. The number of hydrogen-bond acceptors (Lipinski definition) is 5. The molecule has 2 aliphatic heterocycles. The van der Waals surface area contributed by atoms with E-state index in [1.54, 1.807) is 23.4 Å². The Morgan fingerprint density at radius 1 is 1.13 bits per heavy atom. The van der Waals surface area contributed by atoms with Crippen molar-refractivity contribution in [2.75, 3.05) is 24.5 Å². The van der Waals surface area contributed by atoms with Gasteiger partial charge in [0.25, 0.3) is 0 Å². The predicted octanol–water partition coefficient (Wildman–Crippen LogP) is 0.573. The molecule has 124 valence electrons. The van der Waals surface area contributed by atoms with Crippen LogP contribution in [0.1, 0.15) is 32.6 Å². The summed E-state index contributed by atoms with van der Waals surface area (Å²) in [5.41, 5.74) is 0. The maximum Gasteiger partial charge on any atom is 0.243 e. The molecule has 23 heavy (non-hydrogen) atoms. The van der Waals surface area contributed by atoms with Crippen LogP contribution in [0.15, 0.2) is 18.5 Å². The highest BCUT2D eigenvalue weighted by molar-refractivity contribution is 5.87. The third-order valence-electron chi connectivity index (χ3n) is 4.64. The summed E-state index contributed by atoms with van der Waals surface area (Å²) in [5.74, 6) is 0.724. The molecule has 0 aromatic carbocycles. The lowest BCUT2D eigenvalue weighted by molar-refractivity contribution is -0.137. The number of aromatic nitrogens is 2. The molecule has 1 aromatic heterocycles. The molecular weight excluding hydrogens is 294 g/mol. The topological polar surface area (TPSA) is 78.4 Å². The summed E-state index contributed by atoms with van der Waals surface area (Å²) in [5, 5.41) is 3.12. The third-order valence-corrected chi connectivity index (χ3v) is 4.64. The van der Waals surface area contributed by atoms with Gasteiger partial charge >= 0.3 is 0 Å². The molecule has 2 aliphatic rings. The van der Waals surface area contributed by atoms with Gasteiger partial charge in [-0.3, -0.25) is 9.59 Å². The van der Waals surface area contributed by atoms with E-state index in [9.17, 15) is 9.59 Å². The number of nitrogens with zero attached hydrogens (tertiary/aromatic N) is 4. The fraction of sp³-hybridized carbons (Fsp3) is 0.625. The second-order valence-electron chi connectivity index (χ2n) is 6.19. The highest BCUT2D eigenvalue weighted by Gasteiger charge is 2.33. The molecule has 0 radical (unpaired) electrons. The number of rotatable bonds is 3. The Kier molecular flexibility index (Phi) is 4.73. The van der Waals surface area contributed by atoms with E-state index in [1.807, 2.05) is 0 Å². The number of likely N-dealkylation sites (tertiary alicyclic amines) is 1. The van der Waals surface area contributed by atoms with E-state index in [0.717, 1.165) is 44.7 Å². The Morgan fingerprint density at radius 3 is 2.48 bits per heavy atom. The summed E-state index contributed by atoms with van der Waals surface area (Å²) < 4.78 is 0. The minimum Gasteiger partial charge on any atom is -0.351 e. The Morgan fingerprint density at radius 2 is 1.83 bits per heavy atom. The Bertz CT molecular complexity index is 557. The first kappa shape index (κ1) is 15.7. The quantitative estimate of drug-likeness (QED) is 0.882. The van der Waals surface area contributed by atoms with Crippen LogP contribution in [0.4, 0.5) is 5.95 Å². The molecule has 2 fully saturated rings. The van der Waals surface area contributed by atoms with Crippen LogP contribution in [0.3, 0.4) is 0 Å². The Balaban J connectivity index is 1.51. The van der Waals surface area contributed by atoms with E-state index in [-0.39, 0.29) is 23.9 Å². The smallest absolute Gasteiger partial charge is 0.243 e. The van der Waals surface area contributed by atoms with Gasteiger partial charge in [0.1, 0.15) is 6.04 Å². The lowest BCUT2D eigenvalue weighted by Gasteiger charge is -2.33. The zero-order valence-electron chi connectivity index (χ0n) is 13.4. The van der Waals surface area contributed by atoms with Crippen LogP contribution in [0.5, 0.6) is 0 Å². The zero-order chi connectivity index (χ0) is 16.2. The van der Waals surface area contributed by atoms with Crippen molar-refractivity contribution in [2.45, 2.75) is 44.7 Å². The van der Waals surface area contributed by atoms with Gasteiger partial charge < -0.3 is 15.1 Å². The molecule has 1 aromatic rings. The van der Waals surface area contributed by atoms with Crippen LogP contribution in [0, 0.1) is 0 Å². The van der Waals surface area contributed by atoms with Gasteiger partial charge in [0.2, 0.25) is 17.8 Å². The molecule has 0 spiro atoms. The molecule has 1 atom stereocenters. The monoisotopic (exact) mass is 317 g/mol. The van der Waals surface area contributed by atoms with Gasteiger partial charge in [-0.15, -0.1) is 0 Å². The summed E-state index contributed by atoms with van der Waals surface area (Å²) in [6.45, 7) is 3.88. The van der Waals surface area contributed by atoms with Crippen molar-refractivity contribution in [3.8, 4) is 0 Å².